The zero-order valence-corrected chi connectivity index (χ0v) is 18.6. The van der Waals surface area contributed by atoms with E-state index in [0.29, 0.717) is 20.7 Å². The van der Waals surface area contributed by atoms with E-state index in [4.69, 9.17) is 16.4 Å². The molecule has 0 spiro atoms. The number of rotatable bonds is 5. The Labute approximate surface area is 189 Å². The van der Waals surface area contributed by atoms with E-state index in [0.717, 1.165) is 0 Å². The zero-order chi connectivity index (χ0) is 22.1. The largest absolute Gasteiger partial charge is 0.318 e. The van der Waals surface area contributed by atoms with Crippen LogP contribution in [-0.2, 0) is 4.84 Å². The monoisotopic (exact) mass is 503 g/mol. The fourth-order valence-electron chi connectivity index (χ4n) is 3.09. The molecule has 0 saturated carbocycles. The molecule has 2 amide bonds. The first-order valence-electron chi connectivity index (χ1n) is 8.89. The first-order chi connectivity index (χ1) is 14.9. The van der Waals surface area contributed by atoms with E-state index >= 15 is 0 Å². The molecule has 0 bridgehead atoms. The molecule has 12 heteroatoms. The van der Waals surface area contributed by atoms with Gasteiger partial charge in [0.1, 0.15) is 10.3 Å². The Kier molecular flexibility index (Phi) is 5.72. The molecular weight excluding hydrogens is 490 g/mol. The van der Waals surface area contributed by atoms with Gasteiger partial charge in [0.25, 0.3) is 11.8 Å². The lowest BCUT2D eigenvalue weighted by Gasteiger charge is -2.15. The Morgan fingerprint density at radius 2 is 2.00 bits per heavy atom. The van der Waals surface area contributed by atoms with Crippen LogP contribution in [0.2, 0.25) is 5.02 Å². The Bertz CT molecular complexity index is 1320. The first kappa shape index (κ1) is 21.0. The number of hydroxylamine groups is 1. The van der Waals surface area contributed by atoms with Crippen molar-refractivity contribution in [2.75, 3.05) is 12.4 Å². The molecule has 0 aliphatic heterocycles. The number of hydrogen-bond acceptors (Lipinski definition) is 6. The molecule has 0 aromatic carbocycles. The SMILES string of the molecule is CONC(=O)c1c(NC(=O)c2cc(Br)nn2-c2ncccc2Cl)c(C)cc2ccnn12. The van der Waals surface area contributed by atoms with E-state index < -0.39 is 11.8 Å². The standard InChI is InChI=1S/C19H15BrClN7O3/c1-10-8-11-5-7-23-27(11)16(19(30)26-31-2)15(10)24-18(29)13-9-14(20)25-28(13)17-12(21)4-3-6-22-17/h3-9H,1-2H3,(H,24,29)(H,26,30). The molecule has 0 unspecified atom stereocenters. The summed E-state index contributed by atoms with van der Waals surface area (Å²) in [7, 11) is 1.32. The quantitative estimate of drug-likeness (QED) is 0.403. The van der Waals surface area contributed by atoms with Gasteiger partial charge in [-0.05, 0) is 52.7 Å². The first-order valence-corrected chi connectivity index (χ1v) is 10.1. The highest BCUT2D eigenvalue weighted by atomic mass is 79.9. The summed E-state index contributed by atoms with van der Waals surface area (Å²) < 4.78 is 3.15. The summed E-state index contributed by atoms with van der Waals surface area (Å²) in [6.45, 7) is 1.77. The third kappa shape index (κ3) is 3.90. The molecular formula is C19H15BrClN7O3. The summed E-state index contributed by atoms with van der Waals surface area (Å²) in [5, 5.41) is 11.6. The van der Waals surface area contributed by atoms with E-state index in [1.54, 1.807) is 43.6 Å². The van der Waals surface area contributed by atoms with Crippen LogP contribution in [0.4, 0.5) is 5.69 Å². The van der Waals surface area contributed by atoms with Gasteiger partial charge in [0.2, 0.25) is 0 Å². The van der Waals surface area contributed by atoms with Crippen molar-refractivity contribution < 1.29 is 14.4 Å². The topological polar surface area (TPSA) is 115 Å². The van der Waals surface area contributed by atoms with E-state index in [1.807, 2.05) is 0 Å². The number of hydrogen-bond donors (Lipinski definition) is 2. The van der Waals surface area contributed by atoms with Crippen molar-refractivity contribution in [1.29, 1.82) is 0 Å². The number of anilines is 1. The Morgan fingerprint density at radius 3 is 2.74 bits per heavy atom. The van der Waals surface area contributed by atoms with Crippen molar-refractivity contribution in [2.24, 2.45) is 0 Å². The Balaban J connectivity index is 1.80. The van der Waals surface area contributed by atoms with E-state index in [1.165, 1.54) is 22.4 Å². The van der Waals surface area contributed by atoms with Crippen molar-refractivity contribution in [3.05, 3.63) is 69.3 Å². The van der Waals surface area contributed by atoms with Crippen LogP contribution in [0.25, 0.3) is 11.3 Å². The summed E-state index contributed by atoms with van der Waals surface area (Å²) >= 11 is 9.52. The number of amides is 2. The van der Waals surface area contributed by atoms with Gasteiger partial charge in [-0.2, -0.15) is 10.2 Å². The second-order valence-corrected chi connectivity index (χ2v) is 7.60. The maximum absolute atomic E-state index is 13.2. The average Bonchev–Trinajstić information content (AvgIpc) is 3.35. The molecule has 0 atom stereocenters. The molecule has 158 valence electrons. The van der Waals surface area contributed by atoms with Crippen LogP contribution < -0.4 is 10.8 Å². The molecule has 4 rings (SSSR count). The molecule has 10 nitrogen and oxygen atoms in total. The van der Waals surface area contributed by atoms with Gasteiger partial charge in [0, 0.05) is 12.3 Å². The lowest BCUT2D eigenvalue weighted by atomic mass is 10.1. The van der Waals surface area contributed by atoms with Crippen molar-refractivity contribution in [1.82, 2.24) is 29.9 Å². The second-order valence-electron chi connectivity index (χ2n) is 6.38. The van der Waals surface area contributed by atoms with Crippen LogP contribution in [0, 0.1) is 6.92 Å². The van der Waals surface area contributed by atoms with E-state index in [-0.39, 0.29) is 22.9 Å². The number of carbonyl (C=O) groups is 2. The third-order valence-electron chi connectivity index (χ3n) is 4.38. The number of halogens is 2. The van der Waals surface area contributed by atoms with Gasteiger partial charge in [-0.15, -0.1) is 0 Å². The highest BCUT2D eigenvalue weighted by Gasteiger charge is 2.24. The third-order valence-corrected chi connectivity index (χ3v) is 5.06. The number of fused-ring (bicyclic) bond motifs is 1. The van der Waals surface area contributed by atoms with Crippen LogP contribution in [0.5, 0.6) is 0 Å². The van der Waals surface area contributed by atoms with Gasteiger partial charge in [-0.3, -0.25) is 14.4 Å². The van der Waals surface area contributed by atoms with Gasteiger partial charge >= 0.3 is 0 Å². The molecule has 0 saturated heterocycles. The van der Waals surface area contributed by atoms with Crippen molar-refractivity contribution in [2.45, 2.75) is 6.92 Å². The number of nitrogens with zero attached hydrogens (tertiary/aromatic N) is 5. The predicted octanol–water partition coefficient (Wildman–Crippen LogP) is 3.18. The molecule has 0 radical (unpaired) electrons. The summed E-state index contributed by atoms with van der Waals surface area (Å²) in [6.07, 6.45) is 3.10. The lowest BCUT2D eigenvalue weighted by molar-refractivity contribution is 0.0531. The molecule has 0 aliphatic carbocycles. The minimum atomic E-state index is -0.572. The second kappa shape index (κ2) is 8.46. The van der Waals surface area contributed by atoms with Gasteiger partial charge < -0.3 is 5.32 Å². The number of aryl methyl sites for hydroxylation is 1. The molecule has 4 aromatic rings. The number of pyridine rings is 2. The molecule has 0 fully saturated rings. The van der Waals surface area contributed by atoms with Gasteiger partial charge in [0.05, 0.1) is 29.5 Å². The number of carbonyl (C=O) groups excluding carboxylic acids is 2. The van der Waals surface area contributed by atoms with Gasteiger partial charge in [-0.1, -0.05) is 11.6 Å². The van der Waals surface area contributed by atoms with E-state index in [2.05, 4.69) is 41.9 Å². The molecule has 4 aromatic heterocycles. The smallest absolute Gasteiger partial charge is 0.295 e. The van der Waals surface area contributed by atoms with Crippen molar-refractivity contribution in [3.8, 4) is 5.82 Å². The van der Waals surface area contributed by atoms with Crippen molar-refractivity contribution >= 4 is 50.5 Å². The summed E-state index contributed by atoms with van der Waals surface area (Å²) in [5.74, 6) is -0.810. The Morgan fingerprint density at radius 1 is 1.19 bits per heavy atom. The fourth-order valence-corrected chi connectivity index (χ4v) is 3.67. The predicted molar refractivity (Wildman–Crippen MR) is 116 cm³/mol. The maximum atomic E-state index is 13.2. The number of nitrogens with one attached hydrogen (secondary N) is 2. The zero-order valence-electron chi connectivity index (χ0n) is 16.3. The van der Waals surface area contributed by atoms with Crippen LogP contribution in [0.3, 0.4) is 0 Å². The van der Waals surface area contributed by atoms with Crippen LogP contribution in [0.15, 0.2) is 47.3 Å². The maximum Gasteiger partial charge on any atom is 0.295 e. The molecule has 0 aliphatic rings. The summed E-state index contributed by atoms with van der Waals surface area (Å²) in [4.78, 5) is 34.9. The minimum absolute atomic E-state index is 0.108. The molecule has 4 heterocycles. The lowest BCUT2D eigenvalue weighted by Crippen LogP contribution is -2.28. The van der Waals surface area contributed by atoms with Crippen LogP contribution >= 0.6 is 27.5 Å². The van der Waals surface area contributed by atoms with Crippen LogP contribution in [0.1, 0.15) is 26.5 Å². The minimum Gasteiger partial charge on any atom is -0.318 e. The summed E-state index contributed by atoms with van der Waals surface area (Å²) in [6, 6.07) is 8.39. The van der Waals surface area contributed by atoms with Crippen molar-refractivity contribution in [3.63, 3.8) is 0 Å². The fraction of sp³-hybridized carbons (Fsp3) is 0.105. The van der Waals surface area contributed by atoms with Gasteiger partial charge in [-0.25, -0.2) is 19.7 Å². The normalized spacial score (nSPS) is 11.0. The van der Waals surface area contributed by atoms with E-state index in [9.17, 15) is 9.59 Å². The highest BCUT2D eigenvalue weighted by molar-refractivity contribution is 9.10. The Hall–Kier alpha value is -3.28. The van der Waals surface area contributed by atoms with Crippen LogP contribution in [-0.4, -0.2) is 43.3 Å². The highest BCUT2D eigenvalue weighted by Crippen LogP contribution is 2.26. The average molecular weight is 505 g/mol. The number of aromatic nitrogens is 5. The van der Waals surface area contributed by atoms with Gasteiger partial charge in [0.15, 0.2) is 11.5 Å². The molecule has 31 heavy (non-hydrogen) atoms. The molecule has 2 N–H and O–H groups in total. The summed E-state index contributed by atoms with van der Waals surface area (Å²) in [5.41, 5.74) is 4.15.